The molecule has 1 heterocycles. The highest BCUT2D eigenvalue weighted by Crippen LogP contribution is 2.05. The first-order valence-corrected chi connectivity index (χ1v) is 7.75. The Morgan fingerprint density at radius 3 is 2.61 bits per heavy atom. The van der Waals surface area contributed by atoms with Crippen LogP contribution in [0, 0.1) is 6.92 Å². The van der Waals surface area contributed by atoms with Crippen molar-refractivity contribution < 1.29 is 0 Å². The fraction of sp³-hybridized carbons (Fsp3) is 0.333. The van der Waals surface area contributed by atoms with Crippen molar-refractivity contribution in [1.29, 1.82) is 0 Å². The van der Waals surface area contributed by atoms with Gasteiger partial charge in [-0.05, 0) is 43.0 Å². The molecule has 0 fully saturated rings. The molecule has 0 aliphatic heterocycles. The van der Waals surface area contributed by atoms with Crippen LogP contribution in [-0.2, 0) is 13.0 Å². The molecule has 0 saturated carbocycles. The Morgan fingerprint density at radius 1 is 1.13 bits per heavy atom. The minimum atomic E-state index is 0. The molecule has 1 aromatic carbocycles. The van der Waals surface area contributed by atoms with Gasteiger partial charge in [0.1, 0.15) is 0 Å². The van der Waals surface area contributed by atoms with Gasteiger partial charge in [-0.1, -0.05) is 30.3 Å². The smallest absolute Gasteiger partial charge is 0.191 e. The first-order valence-electron chi connectivity index (χ1n) is 7.75. The van der Waals surface area contributed by atoms with E-state index in [1.165, 1.54) is 16.7 Å². The van der Waals surface area contributed by atoms with Crippen LogP contribution in [0.25, 0.3) is 0 Å². The molecule has 2 N–H and O–H groups in total. The molecule has 0 bridgehead atoms. The van der Waals surface area contributed by atoms with Crippen LogP contribution in [0.15, 0.2) is 53.8 Å². The molecule has 0 radical (unpaired) electrons. The van der Waals surface area contributed by atoms with Crippen molar-refractivity contribution in [3.8, 4) is 0 Å². The summed E-state index contributed by atoms with van der Waals surface area (Å²) in [5.41, 5.74) is 3.77. The molecule has 0 aliphatic rings. The molecule has 0 atom stereocenters. The first-order chi connectivity index (χ1) is 10.8. The van der Waals surface area contributed by atoms with Gasteiger partial charge in [0.25, 0.3) is 0 Å². The predicted octanol–water partition coefficient (Wildman–Crippen LogP) is 3.31. The lowest BCUT2D eigenvalue weighted by Crippen LogP contribution is -2.38. The lowest BCUT2D eigenvalue weighted by Gasteiger charge is -2.12. The summed E-state index contributed by atoms with van der Waals surface area (Å²) in [5, 5.41) is 6.67. The van der Waals surface area contributed by atoms with Crippen LogP contribution in [0.3, 0.4) is 0 Å². The van der Waals surface area contributed by atoms with Gasteiger partial charge in [0, 0.05) is 25.5 Å². The van der Waals surface area contributed by atoms with Crippen molar-refractivity contribution >= 4 is 29.9 Å². The standard InChI is InChI=1S/C18H24N4.HI/c1-3-20-18(22-14-16-7-5-4-6-8-16)21-12-10-17-9-11-19-13-15(17)2;/h4-9,11,13H,3,10,12,14H2,1-2H3,(H2,20,21,22);1H. The molecule has 0 spiro atoms. The Morgan fingerprint density at radius 2 is 1.91 bits per heavy atom. The van der Waals surface area contributed by atoms with E-state index in [9.17, 15) is 0 Å². The van der Waals surface area contributed by atoms with Crippen molar-refractivity contribution in [2.24, 2.45) is 4.99 Å². The molecule has 2 aromatic rings. The third-order valence-corrected chi connectivity index (χ3v) is 3.43. The van der Waals surface area contributed by atoms with E-state index in [4.69, 9.17) is 0 Å². The summed E-state index contributed by atoms with van der Waals surface area (Å²) in [4.78, 5) is 8.74. The van der Waals surface area contributed by atoms with Crippen LogP contribution < -0.4 is 10.6 Å². The number of hydrogen-bond acceptors (Lipinski definition) is 2. The summed E-state index contributed by atoms with van der Waals surface area (Å²) in [6.45, 7) is 6.56. The van der Waals surface area contributed by atoms with Crippen molar-refractivity contribution in [2.75, 3.05) is 13.1 Å². The van der Waals surface area contributed by atoms with Gasteiger partial charge in [-0.25, -0.2) is 4.99 Å². The zero-order valence-electron chi connectivity index (χ0n) is 13.7. The van der Waals surface area contributed by atoms with Gasteiger partial charge in [0.05, 0.1) is 6.54 Å². The second kappa shape index (κ2) is 11.0. The first kappa shape index (κ1) is 19.4. The van der Waals surface area contributed by atoms with Gasteiger partial charge in [0.2, 0.25) is 0 Å². The predicted molar refractivity (Wildman–Crippen MR) is 107 cm³/mol. The van der Waals surface area contributed by atoms with Gasteiger partial charge >= 0.3 is 0 Å². The third-order valence-electron chi connectivity index (χ3n) is 3.43. The fourth-order valence-corrected chi connectivity index (χ4v) is 2.19. The maximum absolute atomic E-state index is 4.62. The van der Waals surface area contributed by atoms with E-state index in [1.807, 2.05) is 30.6 Å². The maximum Gasteiger partial charge on any atom is 0.191 e. The van der Waals surface area contributed by atoms with Crippen LogP contribution in [0.4, 0.5) is 0 Å². The van der Waals surface area contributed by atoms with E-state index in [-0.39, 0.29) is 24.0 Å². The number of hydrogen-bond donors (Lipinski definition) is 2. The van der Waals surface area contributed by atoms with Crippen LogP contribution in [0.2, 0.25) is 0 Å². The Bertz CT molecular complexity index is 599. The molecule has 0 aliphatic carbocycles. The highest BCUT2D eigenvalue weighted by molar-refractivity contribution is 14.0. The van der Waals surface area contributed by atoms with Crippen LogP contribution in [-0.4, -0.2) is 24.0 Å². The summed E-state index contributed by atoms with van der Waals surface area (Å²) in [6.07, 6.45) is 4.71. The summed E-state index contributed by atoms with van der Waals surface area (Å²) in [7, 11) is 0. The number of aliphatic imine (C=N–C) groups is 1. The molecular formula is C18H25IN4. The highest BCUT2D eigenvalue weighted by atomic mass is 127. The van der Waals surface area contributed by atoms with E-state index in [1.54, 1.807) is 0 Å². The molecule has 2 rings (SSSR count). The molecule has 4 nitrogen and oxygen atoms in total. The average Bonchev–Trinajstić information content (AvgIpc) is 2.55. The fourth-order valence-electron chi connectivity index (χ4n) is 2.19. The van der Waals surface area contributed by atoms with Crippen molar-refractivity contribution in [3.05, 3.63) is 65.5 Å². The third kappa shape index (κ3) is 6.99. The summed E-state index contributed by atoms with van der Waals surface area (Å²) in [6, 6.07) is 12.4. The second-order valence-electron chi connectivity index (χ2n) is 5.16. The quantitative estimate of drug-likeness (QED) is 0.425. The number of aryl methyl sites for hydroxylation is 1. The Kier molecular flexibility index (Phi) is 9.28. The normalized spacial score (nSPS) is 10.8. The molecule has 1 aromatic heterocycles. The molecule has 0 saturated heterocycles. The molecule has 0 amide bonds. The van der Waals surface area contributed by atoms with E-state index in [0.29, 0.717) is 6.54 Å². The number of aromatic nitrogens is 1. The van der Waals surface area contributed by atoms with E-state index >= 15 is 0 Å². The number of nitrogens with zero attached hydrogens (tertiary/aromatic N) is 2. The number of benzene rings is 1. The van der Waals surface area contributed by atoms with Crippen LogP contribution in [0.5, 0.6) is 0 Å². The number of nitrogens with one attached hydrogen (secondary N) is 2. The minimum absolute atomic E-state index is 0. The Balaban J connectivity index is 0.00000264. The molecule has 124 valence electrons. The zero-order chi connectivity index (χ0) is 15.6. The number of pyridine rings is 1. The Hall–Kier alpha value is -1.63. The lowest BCUT2D eigenvalue weighted by molar-refractivity contribution is 0.796. The van der Waals surface area contributed by atoms with E-state index in [2.05, 4.69) is 52.7 Å². The highest BCUT2D eigenvalue weighted by Gasteiger charge is 2.00. The number of rotatable bonds is 6. The summed E-state index contributed by atoms with van der Waals surface area (Å²) in [5.74, 6) is 0.859. The van der Waals surface area contributed by atoms with Gasteiger partial charge in [-0.3, -0.25) is 4.98 Å². The monoisotopic (exact) mass is 424 g/mol. The van der Waals surface area contributed by atoms with Crippen LogP contribution in [0.1, 0.15) is 23.6 Å². The van der Waals surface area contributed by atoms with E-state index < -0.39 is 0 Å². The molecule has 23 heavy (non-hydrogen) atoms. The SMILES string of the molecule is CCNC(=NCc1ccccc1)NCCc1ccncc1C.I. The van der Waals surface area contributed by atoms with Crippen molar-refractivity contribution in [2.45, 2.75) is 26.8 Å². The van der Waals surface area contributed by atoms with Gasteiger partial charge in [-0.15, -0.1) is 24.0 Å². The van der Waals surface area contributed by atoms with Gasteiger partial charge < -0.3 is 10.6 Å². The van der Waals surface area contributed by atoms with Gasteiger partial charge in [-0.2, -0.15) is 0 Å². The topological polar surface area (TPSA) is 49.3 Å². The van der Waals surface area contributed by atoms with Crippen molar-refractivity contribution in [3.63, 3.8) is 0 Å². The molecule has 5 heteroatoms. The second-order valence-corrected chi connectivity index (χ2v) is 5.16. The zero-order valence-corrected chi connectivity index (χ0v) is 16.1. The van der Waals surface area contributed by atoms with Crippen LogP contribution >= 0.6 is 24.0 Å². The summed E-state index contributed by atoms with van der Waals surface area (Å²) < 4.78 is 0. The molecular weight excluding hydrogens is 399 g/mol. The minimum Gasteiger partial charge on any atom is -0.357 e. The molecule has 0 unspecified atom stereocenters. The van der Waals surface area contributed by atoms with E-state index in [0.717, 1.165) is 25.5 Å². The van der Waals surface area contributed by atoms with Gasteiger partial charge in [0.15, 0.2) is 5.96 Å². The maximum atomic E-state index is 4.62. The van der Waals surface area contributed by atoms with Crippen molar-refractivity contribution in [1.82, 2.24) is 15.6 Å². The largest absolute Gasteiger partial charge is 0.357 e. The Labute approximate surface area is 155 Å². The summed E-state index contributed by atoms with van der Waals surface area (Å²) >= 11 is 0. The number of guanidine groups is 1. The average molecular weight is 424 g/mol. The number of halogens is 1. The lowest BCUT2D eigenvalue weighted by atomic mass is 10.1.